The predicted octanol–water partition coefficient (Wildman–Crippen LogP) is 6.49. The molecule has 7 nitrogen and oxygen atoms in total. The molecule has 0 spiro atoms. The first-order chi connectivity index (χ1) is 19.5. The quantitative estimate of drug-likeness (QED) is 0.169. The third-order valence-corrected chi connectivity index (χ3v) is 6.42. The molecular weight excluding hydrogens is 502 g/mol. The second kappa shape index (κ2) is 12.0. The maximum Gasteiger partial charge on any atom is 0.335 e. The van der Waals surface area contributed by atoms with Crippen LogP contribution in [0.15, 0.2) is 120 Å². The van der Waals surface area contributed by atoms with Gasteiger partial charge in [-0.2, -0.15) is 5.10 Å². The van der Waals surface area contributed by atoms with E-state index in [-0.39, 0.29) is 18.1 Å². The van der Waals surface area contributed by atoms with E-state index in [0.717, 1.165) is 28.2 Å². The highest BCUT2D eigenvalue weighted by Crippen LogP contribution is 2.26. The van der Waals surface area contributed by atoms with Crippen molar-refractivity contribution in [3.63, 3.8) is 0 Å². The molecule has 7 heteroatoms. The molecule has 0 saturated heterocycles. The second-order valence-corrected chi connectivity index (χ2v) is 9.14. The lowest BCUT2D eigenvalue weighted by Crippen LogP contribution is -2.17. The molecule has 198 valence electrons. The van der Waals surface area contributed by atoms with Crippen molar-refractivity contribution in [2.75, 3.05) is 0 Å². The number of amides is 1. The van der Waals surface area contributed by atoms with E-state index in [1.807, 2.05) is 48.5 Å². The number of hydrazone groups is 1. The summed E-state index contributed by atoms with van der Waals surface area (Å²) in [5.74, 6) is -0.712. The Balaban J connectivity index is 1.23. The van der Waals surface area contributed by atoms with Crippen LogP contribution in [0.25, 0.3) is 16.9 Å². The molecule has 0 radical (unpaired) electrons. The Bertz CT molecular complexity index is 1650. The molecule has 0 saturated carbocycles. The number of carbonyl (C=O) groups excluding carboxylic acids is 1. The summed E-state index contributed by atoms with van der Waals surface area (Å²) in [6.45, 7) is 2.31. The van der Waals surface area contributed by atoms with Crippen LogP contribution >= 0.6 is 0 Å². The van der Waals surface area contributed by atoms with Crippen molar-refractivity contribution in [2.24, 2.45) is 5.10 Å². The predicted molar refractivity (Wildman–Crippen MR) is 155 cm³/mol. The largest absolute Gasteiger partial charge is 0.488 e. The van der Waals surface area contributed by atoms with Crippen molar-refractivity contribution in [2.45, 2.75) is 13.5 Å². The van der Waals surface area contributed by atoms with Crippen molar-refractivity contribution < 1.29 is 19.4 Å². The molecule has 0 unspecified atom stereocenters. The number of hydrogen-bond acceptors (Lipinski definition) is 4. The number of hydrogen-bond donors (Lipinski definition) is 2. The number of aromatic nitrogens is 1. The molecule has 5 rings (SSSR count). The van der Waals surface area contributed by atoms with Gasteiger partial charge in [0.2, 0.25) is 0 Å². The number of ether oxygens (including phenoxy) is 1. The van der Waals surface area contributed by atoms with E-state index in [9.17, 15) is 9.59 Å². The molecule has 5 aromatic rings. The Morgan fingerprint density at radius 3 is 2.23 bits per heavy atom. The first-order valence-electron chi connectivity index (χ1n) is 12.7. The van der Waals surface area contributed by atoms with E-state index in [1.54, 1.807) is 42.5 Å². The molecule has 0 aliphatic rings. The van der Waals surface area contributed by atoms with Crippen LogP contribution in [0, 0.1) is 6.92 Å². The lowest BCUT2D eigenvalue weighted by molar-refractivity contribution is 0.0696. The first-order valence-corrected chi connectivity index (χ1v) is 12.7. The lowest BCUT2D eigenvalue weighted by atomic mass is 10.1. The standard InChI is InChI=1S/C33H27N3O4/c1-23-11-20-30(25-7-3-2-4-8-25)36(23)29-18-16-26(17-19-29)32(37)35-34-21-28-9-5-6-10-31(28)40-22-24-12-14-27(15-13-24)33(38)39/h2-21H,22H2,1H3,(H,35,37)(H,38,39)/b34-21+. The normalized spacial score (nSPS) is 10.9. The zero-order chi connectivity index (χ0) is 27.9. The van der Waals surface area contributed by atoms with E-state index in [2.05, 4.69) is 46.3 Å². The van der Waals surface area contributed by atoms with Gasteiger partial charge >= 0.3 is 5.97 Å². The van der Waals surface area contributed by atoms with Crippen molar-refractivity contribution in [3.8, 4) is 22.7 Å². The number of benzene rings is 4. The third-order valence-electron chi connectivity index (χ3n) is 6.42. The van der Waals surface area contributed by atoms with Gasteiger partial charge in [0, 0.05) is 22.5 Å². The lowest BCUT2D eigenvalue weighted by Gasteiger charge is -2.13. The highest BCUT2D eigenvalue weighted by atomic mass is 16.5. The Hall–Kier alpha value is -5.43. The molecule has 4 aromatic carbocycles. The van der Waals surface area contributed by atoms with Crippen molar-refractivity contribution in [1.82, 2.24) is 9.99 Å². The van der Waals surface area contributed by atoms with Crippen LogP contribution in [-0.2, 0) is 6.61 Å². The van der Waals surface area contributed by atoms with Crippen LogP contribution in [-0.4, -0.2) is 27.8 Å². The number of nitrogens with one attached hydrogen (secondary N) is 1. The highest BCUT2D eigenvalue weighted by molar-refractivity contribution is 5.95. The zero-order valence-corrected chi connectivity index (χ0v) is 21.8. The number of aryl methyl sites for hydroxylation is 1. The fourth-order valence-corrected chi connectivity index (χ4v) is 4.33. The van der Waals surface area contributed by atoms with Crippen LogP contribution in [0.1, 0.15) is 37.5 Å². The first kappa shape index (κ1) is 26.2. The summed E-state index contributed by atoms with van der Waals surface area (Å²) in [7, 11) is 0. The van der Waals surface area contributed by atoms with Crippen LogP contribution < -0.4 is 10.2 Å². The summed E-state index contributed by atoms with van der Waals surface area (Å²) in [6.07, 6.45) is 1.53. The van der Waals surface area contributed by atoms with Crippen molar-refractivity contribution in [1.29, 1.82) is 0 Å². The minimum absolute atomic E-state index is 0.221. The molecule has 1 amide bonds. The number of carbonyl (C=O) groups is 2. The van der Waals surface area contributed by atoms with Gasteiger partial charge in [-0.3, -0.25) is 4.79 Å². The summed E-state index contributed by atoms with van der Waals surface area (Å²) in [5, 5.41) is 13.2. The van der Waals surface area contributed by atoms with Gasteiger partial charge in [0.1, 0.15) is 12.4 Å². The summed E-state index contributed by atoms with van der Waals surface area (Å²) in [6, 6.07) is 35.6. The maximum absolute atomic E-state index is 12.8. The van der Waals surface area contributed by atoms with Gasteiger partial charge in [-0.05, 0) is 78.7 Å². The number of para-hydroxylation sites is 1. The second-order valence-electron chi connectivity index (χ2n) is 9.14. The van der Waals surface area contributed by atoms with Gasteiger partial charge in [0.15, 0.2) is 0 Å². The molecule has 1 heterocycles. The summed E-state index contributed by atoms with van der Waals surface area (Å²) < 4.78 is 8.07. The average Bonchev–Trinajstić information content (AvgIpc) is 3.38. The van der Waals surface area contributed by atoms with Gasteiger partial charge in [-0.1, -0.05) is 54.6 Å². The van der Waals surface area contributed by atoms with Crippen molar-refractivity contribution in [3.05, 3.63) is 143 Å². The van der Waals surface area contributed by atoms with Gasteiger partial charge in [-0.15, -0.1) is 0 Å². The van der Waals surface area contributed by atoms with E-state index < -0.39 is 5.97 Å². The van der Waals surface area contributed by atoms with Gasteiger partial charge in [0.25, 0.3) is 5.91 Å². The Labute approximate surface area is 232 Å². The molecular formula is C33H27N3O4. The van der Waals surface area contributed by atoms with Gasteiger partial charge < -0.3 is 14.4 Å². The van der Waals surface area contributed by atoms with Gasteiger partial charge in [0.05, 0.1) is 17.5 Å². The molecule has 0 atom stereocenters. The molecule has 0 fully saturated rings. The van der Waals surface area contributed by atoms with Crippen LogP contribution in [0.5, 0.6) is 5.75 Å². The van der Waals surface area contributed by atoms with E-state index >= 15 is 0 Å². The minimum Gasteiger partial charge on any atom is -0.488 e. The summed E-state index contributed by atoms with van der Waals surface area (Å²) >= 11 is 0. The third kappa shape index (κ3) is 6.00. The Kier molecular flexibility index (Phi) is 7.83. The number of carboxylic acids is 1. The molecule has 40 heavy (non-hydrogen) atoms. The van der Waals surface area contributed by atoms with Crippen LogP contribution in [0.2, 0.25) is 0 Å². The number of aromatic carboxylic acids is 1. The molecule has 1 aromatic heterocycles. The van der Waals surface area contributed by atoms with E-state index in [4.69, 9.17) is 9.84 Å². The zero-order valence-electron chi connectivity index (χ0n) is 21.8. The van der Waals surface area contributed by atoms with Gasteiger partial charge in [-0.25, -0.2) is 10.2 Å². The fourth-order valence-electron chi connectivity index (χ4n) is 4.33. The summed E-state index contributed by atoms with van der Waals surface area (Å²) in [4.78, 5) is 23.8. The van der Waals surface area contributed by atoms with Crippen molar-refractivity contribution >= 4 is 18.1 Å². The Morgan fingerprint density at radius 1 is 0.825 bits per heavy atom. The van der Waals surface area contributed by atoms with E-state index in [1.165, 1.54) is 6.21 Å². The fraction of sp³-hybridized carbons (Fsp3) is 0.0606. The average molecular weight is 530 g/mol. The highest BCUT2D eigenvalue weighted by Gasteiger charge is 2.11. The summed E-state index contributed by atoms with van der Waals surface area (Å²) in [5.41, 5.74) is 9.07. The monoisotopic (exact) mass is 529 g/mol. The molecule has 0 aliphatic heterocycles. The Morgan fingerprint density at radius 2 is 1.50 bits per heavy atom. The van der Waals surface area contributed by atoms with Crippen LogP contribution in [0.3, 0.4) is 0 Å². The smallest absolute Gasteiger partial charge is 0.335 e. The number of rotatable bonds is 9. The molecule has 2 N–H and O–H groups in total. The molecule has 0 bridgehead atoms. The minimum atomic E-state index is -0.972. The SMILES string of the molecule is Cc1ccc(-c2ccccc2)n1-c1ccc(C(=O)N/N=C/c2ccccc2OCc2ccc(C(=O)O)cc2)cc1. The topological polar surface area (TPSA) is 92.9 Å². The number of carboxylic acid groups (broad SMARTS) is 1. The maximum atomic E-state index is 12.8. The number of nitrogens with zero attached hydrogens (tertiary/aromatic N) is 2. The molecule has 0 aliphatic carbocycles. The van der Waals surface area contributed by atoms with Crippen LogP contribution in [0.4, 0.5) is 0 Å². The van der Waals surface area contributed by atoms with E-state index in [0.29, 0.717) is 16.9 Å².